The van der Waals surface area contributed by atoms with E-state index < -0.39 is 7.60 Å². The lowest BCUT2D eigenvalue weighted by Crippen LogP contribution is -2.17. The van der Waals surface area contributed by atoms with E-state index in [1.165, 1.54) is 11.6 Å². The number of allylic oxidation sites excluding steroid dienone is 1. The molecule has 4 nitrogen and oxygen atoms in total. The maximum atomic E-state index is 10.6. The molecule has 1 aromatic carbocycles. The Hall–Kier alpha value is -0.930. The van der Waals surface area contributed by atoms with Crippen molar-refractivity contribution in [2.24, 2.45) is 5.73 Å². The van der Waals surface area contributed by atoms with Crippen LogP contribution in [0.5, 0.6) is 0 Å². The molecule has 0 radical (unpaired) electrons. The number of rotatable bonds is 6. The third-order valence-corrected chi connectivity index (χ3v) is 3.02. The van der Waals surface area contributed by atoms with Crippen LogP contribution < -0.4 is 5.73 Å². The molecule has 0 saturated carbocycles. The maximum absolute atomic E-state index is 10.6. The predicted octanol–water partition coefficient (Wildman–Crippen LogP) is 1.68. The van der Waals surface area contributed by atoms with Gasteiger partial charge < -0.3 is 15.5 Å². The highest BCUT2D eigenvalue weighted by molar-refractivity contribution is 7.51. The highest BCUT2D eigenvalue weighted by atomic mass is 31.2. The molecule has 0 spiro atoms. The second-order valence-electron chi connectivity index (χ2n) is 3.96. The smallest absolute Gasteiger partial charge is 0.324 e. The van der Waals surface area contributed by atoms with Crippen molar-refractivity contribution in [3.63, 3.8) is 0 Å². The standard InChI is InChI=1S/C12H18NO3P/c13-12(7-4-10-17(14,15)16)9-8-11-5-2-1-3-6-11/h1-7,12H,8-10,13H2,(H2,14,15,16)/t12-/m1/s1. The van der Waals surface area contributed by atoms with Crippen LogP contribution in [0.3, 0.4) is 0 Å². The molecule has 5 heteroatoms. The van der Waals surface area contributed by atoms with Crippen molar-refractivity contribution in [2.75, 3.05) is 6.16 Å². The van der Waals surface area contributed by atoms with Gasteiger partial charge in [0.2, 0.25) is 0 Å². The van der Waals surface area contributed by atoms with Gasteiger partial charge in [-0.1, -0.05) is 42.5 Å². The topological polar surface area (TPSA) is 83.6 Å². The third-order valence-electron chi connectivity index (χ3n) is 2.34. The van der Waals surface area contributed by atoms with Gasteiger partial charge in [-0.05, 0) is 18.4 Å². The molecule has 94 valence electrons. The Bertz CT molecular complexity index is 399. The fourth-order valence-electron chi connectivity index (χ4n) is 1.45. The van der Waals surface area contributed by atoms with Gasteiger partial charge in [0.05, 0.1) is 6.16 Å². The Morgan fingerprint density at radius 3 is 2.53 bits per heavy atom. The average Bonchev–Trinajstić information content (AvgIpc) is 2.26. The number of aryl methyl sites for hydroxylation is 1. The minimum atomic E-state index is -3.94. The van der Waals surface area contributed by atoms with E-state index in [9.17, 15) is 4.57 Å². The summed E-state index contributed by atoms with van der Waals surface area (Å²) >= 11 is 0. The van der Waals surface area contributed by atoms with E-state index in [1.807, 2.05) is 30.3 Å². The molecule has 0 fully saturated rings. The Kier molecular flexibility index (Phi) is 5.59. The van der Waals surface area contributed by atoms with Gasteiger partial charge in [0.25, 0.3) is 0 Å². The first kappa shape index (κ1) is 14.1. The van der Waals surface area contributed by atoms with Crippen molar-refractivity contribution >= 4 is 7.60 Å². The summed E-state index contributed by atoms with van der Waals surface area (Å²) in [7, 11) is -3.94. The summed E-state index contributed by atoms with van der Waals surface area (Å²) < 4.78 is 10.6. The monoisotopic (exact) mass is 255 g/mol. The summed E-state index contributed by atoms with van der Waals surface area (Å²) in [6.07, 6.45) is 4.49. The lowest BCUT2D eigenvalue weighted by molar-refractivity contribution is 0.377. The second-order valence-corrected chi connectivity index (χ2v) is 5.66. The zero-order valence-electron chi connectivity index (χ0n) is 9.57. The van der Waals surface area contributed by atoms with Gasteiger partial charge in [0.1, 0.15) is 0 Å². The second kappa shape index (κ2) is 6.72. The molecule has 0 aromatic heterocycles. The normalized spacial score (nSPS) is 14.1. The molecule has 0 aliphatic rings. The van der Waals surface area contributed by atoms with Gasteiger partial charge in [-0.3, -0.25) is 4.57 Å². The molecule has 0 amide bonds. The minimum Gasteiger partial charge on any atom is -0.324 e. The van der Waals surface area contributed by atoms with Crippen LogP contribution >= 0.6 is 7.60 Å². The summed E-state index contributed by atoms with van der Waals surface area (Å²) in [6.45, 7) is 0. The Labute approximate surface area is 101 Å². The van der Waals surface area contributed by atoms with Crippen molar-refractivity contribution in [3.05, 3.63) is 48.0 Å². The number of hydrogen-bond donors (Lipinski definition) is 3. The predicted molar refractivity (Wildman–Crippen MR) is 68.8 cm³/mol. The van der Waals surface area contributed by atoms with Crippen molar-refractivity contribution in [1.82, 2.24) is 0 Å². The van der Waals surface area contributed by atoms with E-state index in [4.69, 9.17) is 15.5 Å². The average molecular weight is 255 g/mol. The first-order valence-corrected chi connectivity index (χ1v) is 7.28. The highest BCUT2D eigenvalue weighted by Crippen LogP contribution is 2.33. The van der Waals surface area contributed by atoms with Crippen molar-refractivity contribution in [1.29, 1.82) is 0 Å². The van der Waals surface area contributed by atoms with E-state index >= 15 is 0 Å². The lowest BCUT2D eigenvalue weighted by atomic mass is 10.1. The van der Waals surface area contributed by atoms with Crippen LogP contribution in [0.1, 0.15) is 12.0 Å². The van der Waals surface area contributed by atoms with Gasteiger partial charge >= 0.3 is 7.60 Å². The summed E-state index contributed by atoms with van der Waals surface area (Å²) in [5.41, 5.74) is 7.03. The van der Waals surface area contributed by atoms with Gasteiger partial charge in [-0.15, -0.1) is 0 Å². The van der Waals surface area contributed by atoms with Gasteiger partial charge in [-0.25, -0.2) is 0 Å². The molecule has 0 saturated heterocycles. The van der Waals surface area contributed by atoms with Crippen molar-refractivity contribution < 1.29 is 14.4 Å². The van der Waals surface area contributed by atoms with E-state index in [0.717, 1.165) is 12.8 Å². The molecule has 0 bridgehead atoms. The number of hydrogen-bond acceptors (Lipinski definition) is 2. The van der Waals surface area contributed by atoms with Gasteiger partial charge in [-0.2, -0.15) is 0 Å². The zero-order chi connectivity index (χ0) is 12.7. The third kappa shape index (κ3) is 7.08. The van der Waals surface area contributed by atoms with E-state index in [-0.39, 0.29) is 12.2 Å². The number of nitrogens with two attached hydrogens (primary N) is 1. The van der Waals surface area contributed by atoms with Crippen molar-refractivity contribution in [3.8, 4) is 0 Å². The fourth-order valence-corrected chi connectivity index (χ4v) is 1.84. The van der Waals surface area contributed by atoms with Gasteiger partial charge in [0.15, 0.2) is 0 Å². The number of benzene rings is 1. The molecule has 1 aromatic rings. The van der Waals surface area contributed by atoms with Crippen LogP contribution in [-0.4, -0.2) is 22.0 Å². The summed E-state index contributed by atoms with van der Waals surface area (Å²) in [6, 6.07) is 9.82. The van der Waals surface area contributed by atoms with Crippen molar-refractivity contribution in [2.45, 2.75) is 18.9 Å². The molecule has 17 heavy (non-hydrogen) atoms. The molecule has 0 heterocycles. The van der Waals surface area contributed by atoms with Crippen LogP contribution in [-0.2, 0) is 11.0 Å². The summed E-state index contributed by atoms with van der Waals surface area (Å²) in [5.74, 6) is 0. The van der Waals surface area contributed by atoms with E-state index in [2.05, 4.69) is 0 Å². The molecule has 0 aliphatic carbocycles. The molecule has 1 atom stereocenters. The SMILES string of the molecule is N[C@H](C=CCP(=O)(O)O)CCc1ccccc1. The van der Waals surface area contributed by atoms with Crippen LogP contribution in [0.25, 0.3) is 0 Å². The molecular weight excluding hydrogens is 237 g/mol. The maximum Gasteiger partial charge on any atom is 0.329 e. The first-order chi connectivity index (χ1) is 7.97. The molecule has 1 rings (SSSR count). The summed E-state index contributed by atoms with van der Waals surface area (Å²) in [5, 5.41) is 0. The van der Waals surface area contributed by atoms with Crippen LogP contribution in [0.4, 0.5) is 0 Å². The molecular formula is C12H18NO3P. The minimum absolute atomic E-state index is 0.165. The highest BCUT2D eigenvalue weighted by Gasteiger charge is 2.09. The Morgan fingerprint density at radius 1 is 1.29 bits per heavy atom. The van der Waals surface area contributed by atoms with Gasteiger partial charge in [0, 0.05) is 6.04 Å². The summed E-state index contributed by atoms with van der Waals surface area (Å²) in [4.78, 5) is 17.3. The van der Waals surface area contributed by atoms with Crippen LogP contribution in [0, 0.1) is 0 Å². The zero-order valence-corrected chi connectivity index (χ0v) is 10.5. The Balaban J connectivity index is 2.31. The molecule has 4 N–H and O–H groups in total. The van der Waals surface area contributed by atoms with E-state index in [1.54, 1.807) is 6.08 Å². The molecule has 0 aliphatic heterocycles. The molecule has 0 unspecified atom stereocenters. The van der Waals surface area contributed by atoms with Crippen LogP contribution in [0.2, 0.25) is 0 Å². The lowest BCUT2D eigenvalue weighted by Gasteiger charge is -2.06. The van der Waals surface area contributed by atoms with Crippen LogP contribution in [0.15, 0.2) is 42.5 Å². The fraction of sp³-hybridized carbons (Fsp3) is 0.333. The first-order valence-electron chi connectivity index (χ1n) is 5.48. The van der Waals surface area contributed by atoms with E-state index in [0.29, 0.717) is 0 Å². The largest absolute Gasteiger partial charge is 0.329 e. The quantitative estimate of drug-likeness (QED) is 0.533. The Morgan fingerprint density at radius 2 is 1.94 bits per heavy atom.